The first-order valence-corrected chi connectivity index (χ1v) is 8.42. The molecule has 0 saturated heterocycles. The molecule has 0 unspecified atom stereocenters. The fourth-order valence-electron chi connectivity index (χ4n) is 1.84. The van der Waals surface area contributed by atoms with Crippen LogP contribution < -0.4 is 9.46 Å². The van der Waals surface area contributed by atoms with Crippen molar-refractivity contribution in [2.75, 3.05) is 4.72 Å². The molecule has 2 aromatic carbocycles. The number of alkyl halides is 2. The van der Waals surface area contributed by atoms with Gasteiger partial charge in [-0.1, -0.05) is 11.6 Å². The Kier molecular flexibility index (Phi) is 5.76. The lowest BCUT2D eigenvalue weighted by atomic mass is 10.2. The zero-order valence-electron chi connectivity index (χ0n) is 12.1. The van der Waals surface area contributed by atoms with Gasteiger partial charge in [-0.25, -0.2) is 17.2 Å². The standard InChI is InChI=1S/C14H10ClF4NO4S/c15-13-10(6-21)11(20-25(22,23)14(18)19)1-2-12(13)24-9-4-7(16)3-8(17)5-9/h1-5,14,20-21H,6H2. The normalized spacial score (nSPS) is 11.6. The van der Waals surface area contributed by atoms with Gasteiger partial charge >= 0.3 is 5.76 Å². The Labute approximate surface area is 144 Å². The van der Waals surface area contributed by atoms with E-state index < -0.39 is 34.0 Å². The second-order valence-electron chi connectivity index (χ2n) is 4.68. The minimum absolute atomic E-state index is 0.171. The van der Waals surface area contributed by atoms with Crippen LogP contribution in [-0.4, -0.2) is 19.3 Å². The summed E-state index contributed by atoms with van der Waals surface area (Å²) in [6.07, 6.45) is 0. The van der Waals surface area contributed by atoms with Crippen molar-refractivity contribution in [1.82, 2.24) is 0 Å². The maximum atomic E-state index is 13.2. The molecule has 11 heteroatoms. The van der Waals surface area contributed by atoms with Gasteiger partial charge in [0.25, 0.3) is 10.0 Å². The highest BCUT2D eigenvalue weighted by Gasteiger charge is 2.26. The number of sulfonamides is 1. The largest absolute Gasteiger partial charge is 0.456 e. The molecule has 0 heterocycles. The molecule has 0 fully saturated rings. The van der Waals surface area contributed by atoms with E-state index in [1.54, 1.807) is 4.72 Å². The molecule has 0 aliphatic carbocycles. The molecule has 0 bridgehead atoms. The maximum absolute atomic E-state index is 13.2. The Morgan fingerprint density at radius 2 is 1.76 bits per heavy atom. The van der Waals surface area contributed by atoms with Gasteiger partial charge in [0.1, 0.15) is 23.1 Å². The molecule has 0 saturated carbocycles. The van der Waals surface area contributed by atoms with Crippen molar-refractivity contribution in [3.8, 4) is 11.5 Å². The molecule has 2 N–H and O–H groups in total. The van der Waals surface area contributed by atoms with E-state index in [0.717, 1.165) is 24.3 Å². The van der Waals surface area contributed by atoms with Crippen LogP contribution in [0.2, 0.25) is 5.02 Å². The summed E-state index contributed by atoms with van der Waals surface area (Å²) in [5, 5.41) is 9.01. The number of anilines is 1. The first-order chi connectivity index (χ1) is 11.6. The van der Waals surface area contributed by atoms with Crippen LogP contribution >= 0.6 is 11.6 Å². The van der Waals surface area contributed by atoms with Crippen molar-refractivity contribution in [1.29, 1.82) is 0 Å². The highest BCUT2D eigenvalue weighted by molar-refractivity contribution is 7.93. The van der Waals surface area contributed by atoms with Gasteiger partial charge in [-0.3, -0.25) is 4.72 Å². The molecule has 2 rings (SSSR count). The van der Waals surface area contributed by atoms with Crippen LogP contribution in [-0.2, 0) is 16.6 Å². The number of aliphatic hydroxyl groups excluding tert-OH is 1. The molecule has 0 amide bonds. The highest BCUT2D eigenvalue weighted by Crippen LogP contribution is 2.37. The van der Waals surface area contributed by atoms with Gasteiger partial charge in [0.2, 0.25) is 0 Å². The van der Waals surface area contributed by atoms with Crippen molar-refractivity contribution in [3.63, 3.8) is 0 Å². The summed E-state index contributed by atoms with van der Waals surface area (Å²) in [6, 6.07) is 4.46. The number of nitrogens with one attached hydrogen (secondary N) is 1. The molecular weight excluding hydrogens is 390 g/mol. The van der Waals surface area contributed by atoms with Crippen molar-refractivity contribution in [2.45, 2.75) is 12.4 Å². The van der Waals surface area contributed by atoms with Crippen LogP contribution in [0.5, 0.6) is 11.5 Å². The van der Waals surface area contributed by atoms with Gasteiger partial charge in [0, 0.05) is 23.8 Å². The van der Waals surface area contributed by atoms with Gasteiger partial charge in [0.15, 0.2) is 0 Å². The average molecular weight is 400 g/mol. The fraction of sp³-hybridized carbons (Fsp3) is 0.143. The summed E-state index contributed by atoms with van der Waals surface area (Å²) >= 11 is 5.96. The second-order valence-corrected chi connectivity index (χ2v) is 6.71. The third-order valence-corrected chi connectivity index (χ3v) is 4.30. The van der Waals surface area contributed by atoms with Gasteiger partial charge in [-0.15, -0.1) is 0 Å². The number of benzene rings is 2. The highest BCUT2D eigenvalue weighted by atomic mass is 35.5. The van der Waals surface area contributed by atoms with Crippen LogP contribution in [0.15, 0.2) is 30.3 Å². The molecule has 0 aliphatic heterocycles. The molecular formula is C14H10ClF4NO4S. The molecule has 0 aliphatic rings. The number of halogens is 5. The quantitative estimate of drug-likeness (QED) is 0.723. The third-order valence-electron chi connectivity index (χ3n) is 2.92. The number of ether oxygens (including phenoxy) is 1. The van der Waals surface area contributed by atoms with Crippen LogP contribution in [0, 0.1) is 11.6 Å². The Morgan fingerprint density at radius 1 is 1.16 bits per heavy atom. The molecule has 5 nitrogen and oxygen atoms in total. The van der Waals surface area contributed by atoms with Crippen molar-refractivity contribution < 1.29 is 35.8 Å². The zero-order chi connectivity index (χ0) is 18.8. The third kappa shape index (κ3) is 4.53. The summed E-state index contributed by atoms with van der Waals surface area (Å²) in [4.78, 5) is 0. The van der Waals surface area contributed by atoms with E-state index in [-0.39, 0.29) is 27.8 Å². The van der Waals surface area contributed by atoms with E-state index in [4.69, 9.17) is 16.3 Å². The lowest BCUT2D eigenvalue weighted by Gasteiger charge is -2.15. The Balaban J connectivity index is 2.39. The molecule has 0 spiro atoms. The lowest BCUT2D eigenvalue weighted by molar-refractivity contribution is 0.236. The van der Waals surface area contributed by atoms with E-state index in [2.05, 4.69) is 0 Å². The predicted octanol–water partition coefficient (Wildman–Crippen LogP) is 3.87. The van der Waals surface area contributed by atoms with E-state index in [1.807, 2.05) is 0 Å². The summed E-state index contributed by atoms with van der Waals surface area (Å²) < 4.78 is 80.4. The monoisotopic (exact) mass is 399 g/mol. The average Bonchev–Trinajstić information content (AvgIpc) is 2.49. The lowest BCUT2D eigenvalue weighted by Crippen LogP contribution is -2.21. The maximum Gasteiger partial charge on any atom is 0.355 e. The van der Waals surface area contributed by atoms with Gasteiger partial charge < -0.3 is 9.84 Å². The molecule has 136 valence electrons. The first-order valence-electron chi connectivity index (χ1n) is 6.50. The smallest absolute Gasteiger partial charge is 0.355 e. The Hall–Kier alpha value is -2.04. The van der Waals surface area contributed by atoms with Crippen LogP contribution in [0.1, 0.15) is 5.56 Å². The number of hydrogen-bond acceptors (Lipinski definition) is 4. The van der Waals surface area contributed by atoms with E-state index in [9.17, 15) is 31.1 Å². The van der Waals surface area contributed by atoms with E-state index in [1.165, 1.54) is 0 Å². The molecule has 2 aromatic rings. The number of hydrogen-bond donors (Lipinski definition) is 2. The number of aliphatic hydroxyl groups is 1. The van der Waals surface area contributed by atoms with Crippen molar-refractivity contribution in [2.24, 2.45) is 0 Å². The van der Waals surface area contributed by atoms with E-state index >= 15 is 0 Å². The van der Waals surface area contributed by atoms with Gasteiger partial charge in [-0.2, -0.15) is 8.78 Å². The molecule has 25 heavy (non-hydrogen) atoms. The zero-order valence-corrected chi connectivity index (χ0v) is 13.7. The molecule has 0 aromatic heterocycles. The van der Waals surface area contributed by atoms with Crippen LogP contribution in [0.25, 0.3) is 0 Å². The Bertz CT molecular complexity index is 872. The molecule has 0 atom stereocenters. The SMILES string of the molecule is O=S(=O)(Nc1ccc(Oc2cc(F)cc(F)c2)c(Cl)c1CO)C(F)F. The van der Waals surface area contributed by atoms with Gasteiger partial charge in [0.05, 0.1) is 17.3 Å². The van der Waals surface area contributed by atoms with Crippen LogP contribution in [0.3, 0.4) is 0 Å². The number of rotatable bonds is 6. The summed E-state index contributed by atoms with van der Waals surface area (Å²) in [7, 11) is -4.98. The molecule has 0 radical (unpaired) electrons. The summed E-state index contributed by atoms with van der Waals surface area (Å²) in [5.74, 6) is -5.92. The van der Waals surface area contributed by atoms with Gasteiger partial charge in [-0.05, 0) is 12.1 Å². The summed E-state index contributed by atoms with van der Waals surface area (Å²) in [6.45, 7) is -0.811. The second kappa shape index (κ2) is 7.46. The van der Waals surface area contributed by atoms with E-state index in [0.29, 0.717) is 6.07 Å². The summed E-state index contributed by atoms with van der Waals surface area (Å²) in [5.41, 5.74) is -0.633. The fourth-order valence-corrected chi connectivity index (χ4v) is 2.69. The topological polar surface area (TPSA) is 75.6 Å². The first kappa shape index (κ1) is 19.3. The minimum atomic E-state index is -4.98. The Morgan fingerprint density at radius 3 is 2.28 bits per heavy atom. The van der Waals surface area contributed by atoms with Crippen molar-refractivity contribution in [3.05, 3.63) is 52.6 Å². The predicted molar refractivity (Wildman–Crippen MR) is 82.4 cm³/mol. The minimum Gasteiger partial charge on any atom is -0.456 e. The van der Waals surface area contributed by atoms with Crippen molar-refractivity contribution >= 4 is 27.3 Å². The van der Waals surface area contributed by atoms with Crippen LogP contribution in [0.4, 0.5) is 23.2 Å².